The molecule has 1 aromatic carbocycles. The fourth-order valence-corrected chi connectivity index (χ4v) is 2.88. The average Bonchev–Trinajstić information content (AvgIpc) is 2.49. The second-order valence-corrected chi connectivity index (χ2v) is 5.65. The standard InChI is InChI=1S/C15H21N5O/c1-19-6-7-20(11(8-16)9-19)10-14-17-13-5-3-2-4-12(13)15(21)18-14/h2-5,11H,6-10,16H2,1H3,(H,17,18,21). The Bertz CT molecular complexity index is 683. The molecule has 6 nitrogen and oxygen atoms in total. The molecule has 3 rings (SSSR count). The first kappa shape index (κ1) is 14.2. The minimum atomic E-state index is -0.0750. The van der Waals surface area contributed by atoms with E-state index >= 15 is 0 Å². The van der Waals surface area contributed by atoms with Gasteiger partial charge in [-0.2, -0.15) is 0 Å². The van der Waals surface area contributed by atoms with Crippen molar-refractivity contribution >= 4 is 10.9 Å². The van der Waals surface area contributed by atoms with Crippen molar-refractivity contribution in [2.45, 2.75) is 12.6 Å². The van der Waals surface area contributed by atoms with Crippen LogP contribution < -0.4 is 11.3 Å². The highest BCUT2D eigenvalue weighted by Crippen LogP contribution is 2.12. The van der Waals surface area contributed by atoms with Gasteiger partial charge in [-0.05, 0) is 19.2 Å². The second kappa shape index (κ2) is 5.93. The van der Waals surface area contributed by atoms with E-state index in [-0.39, 0.29) is 5.56 Å². The molecule has 0 aliphatic carbocycles. The molecule has 0 saturated carbocycles. The van der Waals surface area contributed by atoms with Crippen LogP contribution in [0.4, 0.5) is 0 Å². The molecule has 1 aliphatic rings. The summed E-state index contributed by atoms with van der Waals surface area (Å²) in [6.07, 6.45) is 0. The Hall–Kier alpha value is -1.76. The van der Waals surface area contributed by atoms with Crippen molar-refractivity contribution < 1.29 is 0 Å². The number of nitrogens with zero attached hydrogens (tertiary/aromatic N) is 3. The summed E-state index contributed by atoms with van der Waals surface area (Å²) >= 11 is 0. The van der Waals surface area contributed by atoms with Crippen molar-refractivity contribution in [2.75, 3.05) is 33.2 Å². The number of nitrogens with two attached hydrogens (primary N) is 1. The molecule has 1 aliphatic heterocycles. The van der Waals surface area contributed by atoms with Crippen LogP contribution >= 0.6 is 0 Å². The second-order valence-electron chi connectivity index (χ2n) is 5.65. The molecule has 2 aromatic rings. The van der Waals surface area contributed by atoms with E-state index in [4.69, 9.17) is 5.73 Å². The first-order chi connectivity index (χ1) is 10.2. The fourth-order valence-electron chi connectivity index (χ4n) is 2.88. The van der Waals surface area contributed by atoms with Crippen LogP contribution in [0.5, 0.6) is 0 Å². The molecule has 0 spiro atoms. The number of rotatable bonds is 3. The molecule has 112 valence electrons. The van der Waals surface area contributed by atoms with E-state index < -0.39 is 0 Å². The van der Waals surface area contributed by atoms with Crippen molar-refractivity contribution in [1.82, 2.24) is 19.8 Å². The van der Waals surface area contributed by atoms with Crippen LogP contribution in [0.25, 0.3) is 10.9 Å². The van der Waals surface area contributed by atoms with Crippen molar-refractivity contribution in [3.05, 3.63) is 40.4 Å². The third kappa shape index (κ3) is 2.97. The first-order valence-corrected chi connectivity index (χ1v) is 7.28. The van der Waals surface area contributed by atoms with E-state index in [0.29, 0.717) is 30.3 Å². The zero-order valence-corrected chi connectivity index (χ0v) is 12.2. The molecule has 1 saturated heterocycles. The van der Waals surface area contributed by atoms with Gasteiger partial charge in [0.1, 0.15) is 5.82 Å². The third-order valence-electron chi connectivity index (χ3n) is 4.09. The Kier molecular flexibility index (Phi) is 4.01. The molecule has 0 bridgehead atoms. The number of aromatic amines is 1. The average molecular weight is 287 g/mol. The van der Waals surface area contributed by atoms with Crippen LogP contribution in [0.15, 0.2) is 29.1 Å². The molecule has 1 unspecified atom stereocenters. The fraction of sp³-hybridized carbons (Fsp3) is 0.467. The van der Waals surface area contributed by atoms with E-state index in [2.05, 4.69) is 26.8 Å². The Balaban J connectivity index is 1.86. The maximum atomic E-state index is 12.1. The maximum absolute atomic E-state index is 12.1. The van der Waals surface area contributed by atoms with Crippen molar-refractivity contribution in [1.29, 1.82) is 0 Å². The summed E-state index contributed by atoms with van der Waals surface area (Å²) < 4.78 is 0. The number of likely N-dealkylation sites (N-methyl/N-ethyl adjacent to an activating group) is 1. The number of benzene rings is 1. The van der Waals surface area contributed by atoms with Gasteiger partial charge in [-0.15, -0.1) is 0 Å². The van der Waals surface area contributed by atoms with Crippen molar-refractivity contribution in [3.8, 4) is 0 Å². The topological polar surface area (TPSA) is 78.2 Å². The van der Waals surface area contributed by atoms with Gasteiger partial charge in [-0.1, -0.05) is 12.1 Å². The zero-order valence-electron chi connectivity index (χ0n) is 12.2. The molecule has 21 heavy (non-hydrogen) atoms. The number of para-hydroxylation sites is 1. The molecule has 6 heteroatoms. The lowest BCUT2D eigenvalue weighted by Crippen LogP contribution is -2.54. The molecular formula is C15H21N5O. The number of nitrogens with one attached hydrogen (secondary N) is 1. The van der Waals surface area contributed by atoms with Gasteiger partial charge >= 0.3 is 0 Å². The van der Waals surface area contributed by atoms with Gasteiger partial charge in [0.05, 0.1) is 17.4 Å². The number of hydrogen-bond acceptors (Lipinski definition) is 5. The van der Waals surface area contributed by atoms with Crippen LogP contribution in [0.3, 0.4) is 0 Å². The SMILES string of the molecule is CN1CCN(Cc2nc3ccccc3c(=O)[nH]2)C(CN)C1. The minimum absolute atomic E-state index is 0.0750. The summed E-state index contributed by atoms with van der Waals surface area (Å²) in [5.41, 5.74) is 6.54. The van der Waals surface area contributed by atoms with Gasteiger partial charge in [0, 0.05) is 32.2 Å². The minimum Gasteiger partial charge on any atom is -0.329 e. The summed E-state index contributed by atoms with van der Waals surface area (Å²) in [5, 5.41) is 0.634. The number of H-pyrrole nitrogens is 1. The monoisotopic (exact) mass is 287 g/mol. The Morgan fingerprint density at radius 3 is 3.00 bits per heavy atom. The summed E-state index contributed by atoms with van der Waals surface area (Å²) in [7, 11) is 2.11. The van der Waals surface area contributed by atoms with Gasteiger partial charge in [0.15, 0.2) is 0 Å². The quantitative estimate of drug-likeness (QED) is 0.831. The number of fused-ring (bicyclic) bond motifs is 1. The van der Waals surface area contributed by atoms with Gasteiger partial charge < -0.3 is 15.6 Å². The molecule has 2 heterocycles. The first-order valence-electron chi connectivity index (χ1n) is 7.28. The lowest BCUT2D eigenvalue weighted by atomic mass is 10.1. The predicted molar refractivity (Wildman–Crippen MR) is 83.1 cm³/mol. The highest BCUT2D eigenvalue weighted by atomic mass is 16.1. The summed E-state index contributed by atoms with van der Waals surface area (Å²) in [6, 6.07) is 7.73. The summed E-state index contributed by atoms with van der Waals surface area (Å²) in [6.45, 7) is 4.15. The molecular weight excluding hydrogens is 266 g/mol. The number of piperazine rings is 1. The molecule has 1 aromatic heterocycles. The van der Waals surface area contributed by atoms with Gasteiger partial charge in [-0.25, -0.2) is 4.98 Å². The number of hydrogen-bond donors (Lipinski definition) is 2. The van der Waals surface area contributed by atoms with Crippen LogP contribution in [-0.2, 0) is 6.54 Å². The van der Waals surface area contributed by atoms with Crippen molar-refractivity contribution in [2.24, 2.45) is 5.73 Å². The van der Waals surface area contributed by atoms with Crippen molar-refractivity contribution in [3.63, 3.8) is 0 Å². The molecule has 3 N–H and O–H groups in total. The van der Waals surface area contributed by atoms with E-state index in [1.165, 1.54) is 0 Å². The normalized spacial score (nSPS) is 21.0. The molecule has 0 amide bonds. The lowest BCUT2D eigenvalue weighted by Gasteiger charge is -2.39. The van der Waals surface area contributed by atoms with Gasteiger partial charge in [0.25, 0.3) is 5.56 Å². The van der Waals surface area contributed by atoms with Crippen LogP contribution in [0, 0.1) is 0 Å². The summed E-state index contributed by atoms with van der Waals surface area (Å²) in [5.74, 6) is 0.710. The van der Waals surface area contributed by atoms with Crippen LogP contribution in [-0.4, -0.2) is 59.0 Å². The van der Waals surface area contributed by atoms with Crippen LogP contribution in [0.2, 0.25) is 0 Å². The van der Waals surface area contributed by atoms with E-state index in [1.54, 1.807) is 6.07 Å². The largest absolute Gasteiger partial charge is 0.329 e. The Labute approximate surface area is 123 Å². The van der Waals surface area contributed by atoms with E-state index in [1.807, 2.05) is 18.2 Å². The van der Waals surface area contributed by atoms with E-state index in [0.717, 1.165) is 25.2 Å². The smallest absolute Gasteiger partial charge is 0.258 e. The van der Waals surface area contributed by atoms with Gasteiger partial charge in [0.2, 0.25) is 0 Å². The van der Waals surface area contributed by atoms with E-state index in [9.17, 15) is 4.79 Å². The lowest BCUT2D eigenvalue weighted by molar-refractivity contribution is 0.0858. The van der Waals surface area contributed by atoms with Crippen LogP contribution in [0.1, 0.15) is 5.82 Å². The zero-order chi connectivity index (χ0) is 14.8. The number of aromatic nitrogens is 2. The predicted octanol–water partition coefficient (Wildman–Crippen LogP) is -0.00220. The molecule has 1 fully saturated rings. The van der Waals surface area contributed by atoms with Gasteiger partial charge in [-0.3, -0.25) is 9.69 Å². The highest BCUT2D eigenvalue weighted by molar-refractivity contribution is 5.77. The Morgan fingerprint density at radius 1 is 1.38 bits per heavy atom. The molecule has 1 atom stereocenters. The summed E-state index contributed by atoms with van der Waals surface area (Å²) in [4.78, 5) is 24.1. The Morgan fingerprint density at radius 2 is 2.19 bits per heavy atom. The highest BCUT2D eigenvalue weighted by Gasteiger charge is 2.24. The molecule has 0 radical (unpaired) electrons. The third-order valence-corrected chi connectivity index (χ3v) is 4.09. The maximum Gasteiger partial charge on any atom is 0.258 e.